The highest BCUT2D eigenvalue weighted by molar-refractivity contribution is 6.32. The van der Waals surface area contributed by atoms with Crippen molar-refractivity contribution in [1.29, 1.82) is 0 Å². The van der Waals surface area contributed by atoms with E-state index < -0.39 is 84.8 Å². The molecule has 264 valence electrons. The first-order valence-corrected chi connectivity index (χ1v) is 9.06. The van der Waals surface area contributed by atoms with E-state index in [1.165, 1.54) is 0 Å². The van der Waals surface area contributed by atoms with Crippen LogP contribution in [0.25, 0.3) is 0 Å². The first kappa shape index (κ1) is 42.1. The summed E-state index contributed by atoms with van der Waals surface area (Å²) in [6, 6.07) is 0. The van der Waals surface area contributed by atoms with Gasteiger partial charge in [-0.15, -0.1) is 0 Å². The highest BCUT2D eigenvalue weighted by atomic mass is 19.4. The Balaban J connectivity index is 7.43. The molecule has 0 aliphatic rings. The van der Waals surface area contributed by atoms with Crippen molar-refractivity contribution in [2.24, 2.45) is 0 Å². The van der Waals surface area contributed by atoms with E-state index in [1.807, 2.05) is 0 Å². The van der Waals surface area contributed by atoms with E-state index in [9.17, 15) is 119 Å². The van der Waals surface area contributed by atoms with Gasteiger partial charge >= 0.3 is 84.8 Å². The van der Waals surface area contributed by atoms with Crippen LogP contribution in [-0.2, 0) is 4.65 Å². The van der Waals surface area contributed by atoms with Crippen LogP contribution in [-0.4, -0.2) is 94.8 Å². The van der Waals surface area contributed by atoms with Crippen molar-refractivity contribution < 1.29 is 133 Å². The second-order valence-electron chi connectivity index (χ2n) is 7.78. The van der Waals surface area contributed by atoms with Gasteiger partial charge in [0.25, 0.3) is 0 Å². The average Bonchev–Trinajstić information content (AvgIpc) is 2.75. The van der Waals surface area contributed by atoms with Crippen molar-refractivity contribution in [3.63, 3.8) is 0 Å². The van der Waals surface area contributed by atoms with E-state index in [2.05, 4.69) is 0 Å². The molecule has 0 atom stereocenters. The molecule has 0 radical (unpaired) electrons. The lowest BCUT2D eigenvalue weighted by Gasteiger charge is -2.46. The number of rotatable bonds is 13. The fourth-order valence-electron chi connectivity index (χ4n) is 2.34. The van der Waals surface area contributed by atoms with Crippen LogP contribution in [0.2, 0.25) is 0 Å². The molecular weight excluding hydrogens is 728 g/mol. The van der Waals surface area contributed by atoms with E-state index in [4.69, 9.17) is 10.0 Å². The Morgan fingerprint density at radius 3 is 0.591 bits per heavy atom. The van der Waals surface area contributed by atoms with Crippen molar-refractivity contribution >= 4 is 7.32 Å². The summed E-state index contributed by atoms with van der Waals surface area (Å²) in [5, 5.41) is 15.7. The highest BCUT2D eigenvalue weighted by Gasteiger charge is 3.00. The Morgan fingerprint density at radius 2 is 0.432 bits per heavy atom. The van der Waals surface area contributed by atoms with Gasteiger partial charge in [-0.3, -0.25) is 0 Å². The van der Waals surface area contributed by atoms with Gasteiger partial charge in [0.1, 0.15) is 0 Å². The molecule has 0 amide bonds. The average molecular weight is 730 g/mol. The molecule has 0 bridgehead atoms. The van der Waals surface area contributed by atoms with Crippen LogP contribution in [0.15, 0.2) is 0 Å². The van der Waals surface area contributed by atoms with Gasteiger partial charge in [-0.25, -0.2) is 0 Å². The summed E-state index contributed by atoms with van der Waals surface area (Å²) in [7, 11) is -4.52. The Hall–Kier alpha value is -1.95. The summed E-state index contributed by atoms with van der Waals surface area (Å²) in [5.41, 5.74) is 0. The van der Waals surface area contributed by atoms with Crippen molar-refractivity contribution in [3.05, 3.63) is 0 Å². The van der Waals surface area contributed by atoms with Crippen LogP contribution in [0, 0.1) is 0 Å². The fourth-order valence-corrected chi connectivity index (χ4v) is 2.34. The van der Waals surface area contributed by atoms with E-state index in [1.54, 1.807) is 4.65 Å². The molecule has 2 N–H and O–H groups in total. The molecule has 0 rings (SSSR count). The molecule has 3 nitrogen and oxygen atoms in total. The van der Waals surface area contributed by atoms with Gasteiger partial charge in [0.05, 0.1) is 0 Å². The van der Waals surface area contributed by atoms with Gasteiger partial charge in [0.15, 0.2) is 0 Å². The van der Waals surface area contributed by atoms with Gasteiger partial charge in [0, 0.05) is 0 Å². The minimum atomic E-state index is -9.85. The Bertz CT molecular complexity index is 1040. The zero-order chi connectivity index (χ0) is 36.8. The minimum absolute atomic E-state index is 1.79. The summed E-state index contributed by atoms with van der Waals surface area (Å²) in [5.74, 6) is -104. The normalized spacial score (nSPS) is 16.8. The van der Waals surface area contributed by atoms with E-state index in [0.717, 1.165) is 0 Å². The van der Waals surface area contributed by atoms with Crippen LogP contribution in [0.5, 0.6) is 0 Å². The first-order valence-electron chi connectivity index (χ1n) is 9.06. The van der Waals surface area contributed by atoms with Crippen molar-refractivity contribution in [1.82, 2.24) is 0 Å². The number of hydrogen-bond acceptors (Lipinski definition) is 3. The van der Waals surface area contributed by atoms with Crippen LogP contribution in [0.4, 0.5) is 119 Å². The van der Waals surface area contributed by atoms with Crippen molar-refractivity contribution in [2.45, 2.75) is 77.4 Å². The quantitative estimate of drug-likeness (QED) is 0.157. The molecule has 0 aliphatic heterocycles. The van der Waals surface area contributed by atoms with E-state index >= 15 is 0 Å². The van der Waals surface area contributed by atoms with Gasteiger partial charge in [-0.05, 0) is 0 Å². The lowest BCUT2D eigenvalue weighted by molar-refractivity contribution is -0.489. The number of alkyl halides is 27. The standard InChI is InChI=1S/C13H2BF27O3/c15-1(16,2(17,18)4(21,22)6(25,26)8(29,30)10(33,34)12(37,38)39)3(19,20)5(23,24)7(27,28)9(31,32)11(35,36)13(40,41)44-14(42)43/h42-43H. The smallest absolute Gasteiger partial charge is 0.402 e. The third-order valence-electron chi connectivity index (χ3n) is 4.92. The Labute approximate surface area is 219 Å². The predicted octanol–water partition coefficient (Wildman–Crippen LogP) is 7.12. The Kier molecular flexibility index (Phi) is 9.82. The van der Waals surface area contributed by atoms with E-state index in [0.29, 0.717) is 0 Å². The molecule has 0 fully saturated rings. The second kappa shape index (κ2) is 10.3. The van der Waals surface area contributed by atoms with Crippen LogP contribution in [0.3, 0.4) is 0 Å². The molecule has 0 saturated heterocycles. The molecule has 0 saturated carbocycles. The first-order chi connectivity index (χ1) is 18.4. The molecule has 0 spiro atoms. The maximum Gasteiger partial charge on any atom is 0.638 e. The second-order valence-corrected chi connectivity index (χ2v) is 7.78. The maximum atomic E-state index is 13.6. The van der Waals surface area contributed by atoms with Gasteiger partial charge < -0.3 is 14.7 Å². The van der Waals surface area contributed by atoms with E-state index in [-0.39, 0.29) is 0 Å². The molecule has 0 unspecified atom stereocenters. The molecule has 0 heterocycles. The lowest BCUT2D eigenvalue weighted by Crippen LogP contribution is -2.79. The predicted molar refractivity (Wildman–Crippen MR) is 76.7 cm³/mol. The monoisotopic (exact) mass is 730 g/mol. The molecule has 0 aromatic heterocycles. The Morgan fingerprint density at radius 1 is 0.273 bits per heavy atom. The van der Waals surface area contributed by atoms with Crippen LogP contribution >= 0.6 is 0 Å². The van der Waals surface area contributed by atoms with Crippen LogP contribution in [0.1, 0.15) is 0 Å². The lowest BCUT2D eigenvalue weighted by atomic mass is 9.84. The zero-order valence-electron chi connectivity index (χ0n) is 18.6. The molecule has 31 heteroatoms. The fraction of sp³-hybridized carbons (Fsp3) is 1.00. The summed E-state index contributed by atoms with van der Waals surface area (Å²) in [6.45, 7) is 0. The molecule has 44 heavy (non-hydrogen) atoms. The number of halogens is 27. The number of hydrogen-bond donors (Lipinski definition) is 2. The summed E-state index contributed by atoms with van der Waals surface area (Å²) < 4.78 is 358. The molecule has 0 aliphatic carbocycles. The third kappa shape index (κ3) is 4.95. The summed E-state index contributed by atoms with van der Waals surface area (Å²) in [4.78, 5) is 0. The molecule has 0 aromatic carbocycles. The molecular formula is C13H2BF27O3. The zero-order valence-corrected chi connectivity index (χ0v) is 18.6. The topological polar surface area (TPSA) is 49.7 Å². The van der Waals surface area contributed by atoms with Gasteiger partial charge in [-0.2, -0.15) is 119 Å². The third-order valence-corrected chi connectivity index (χ3v) is 4.92. The van der Waals surface area contributed by atoms with Crippen molar-refractivity contribution in [2.75, 3.05) is 0 Å². The maximum absolute atomic E-state index is 13.6. The largest absolute Gasteiger partial charge is 0.638 e. The van der Waals surface area contributed by atoms with Crippen LogP contribution < -0.4 is 0 Å². The van der Waals surface area contributed by atoms with Gasteiger partial charge in [0.2, 0.25) is 0 Å². The van der Waals surface area contributed by atoms with Gasteiger partial charge in [-0.1, -0.05) is 0 Å². The van der Waals surface area contributed by atoms with Crippen molar-refractivity contribution in [3.8, 4) is 0 Å². The summed E-state index contributed by atoms with van der Waals surface area (Å²) in [6.07, 6.45) is -16.0. The SMILES string of the molecule is OB(O)OC(F)(F)C(F)(F)C(F)(F)C(F)(F)C(F)(F)C(F)(F)C(F)(F)C(F)(F)C(F)(F)C(F)(F)C(F)(F)C(F)(F)C(F)(F)F. The highest BCUT2D eigenvalue weighted by Crippen LogP contribution is 2.68. The molecule has 0 aromatic rings. The minimum Gasteiger partial charge on any atom is -0.402 e. The summed E-state index contributed by atoms with van der Waals surface area (Å²) >= 11 is 0.